The van der Waals surface area contributed by atoms with Crippen molar-refractivity contribution in [2.75, 3.05) is 38.2 Å². The summed E-state index contributed by atoms with van der Waals surface area (Å²) in [5.41, 5.74) is 6.02. The van der Waals surface area contributed by atoms with E-state index in [1.165, 1.54) is 0 Å². The zero-order valence-corrected chi connectivity index (χ0v) is 33.9. The molecule has 1 aliphatic carbocycles. The molecule has 302 valence electrons. The van der Waals surface area contributed by atoms with Crippen LogP contribution in [0.15, 0.2) is 158 Å². The number of fused-ring (bicyclic) bond motifs is 3. The molecule has 0 N–H and O–H groups in total. The molecule has 1 aliphatic rings. The number of halogens is 2. The standard InChI is InChI=1S/C49H44Cl2O8/c50-29-27-47(52)58-41(31-54-37-11-3-1-4-12-37)33-56-39-23-19-35(20-24-39)49(45-17-9-7-15-43(45)44-16-8-10-18-46(44)49)36-21-25-40(26-22-36)57-34-42(59-48(53)28-30-51)32-55-38-13-5-2-6-14-38/h1-26,41-42H,27-34H2. The van der Waals surface area contributed by atoms with E-state index in [-0.39, 0.29) is 51.0 Å². The highest BCUT2D eigenvalue weighted by atomic mass is 35.5. The second-order valence-corrected chi connectivity index (χ2v) is 14.6. The monoisotopic (exact) mass is 830 g/mol. The smallest absolute Gasteiger partial charge is 0.307 e. The van der Waals surface area contributed by atoms with Crippen LogP contribution < -0.4 is 18.9 Å². The van der Waals surface area contributed by atoms with E-state index in [1.807, 2.05) is 84.9 Å². The minimum Gasteiger partial charge on any atom is -0.490 e. The summed E-state index contributed by atoms with van der Waals surface area (Å²) in [6.07, 6.45) is -1.14. The number of benzene rings is 6. The van der Waals surface area contributed by atoms with Crippen molar-refractivity contribution in [1.82, 2.24) is 0 Å². The van der Waals surface area contributed by atoms with Gasteiger partial charge in [0.25, 0.3) is 0 Å². The van der Waals surface area contributed by atoms with Crippen molar-refractivity contribution in [3.05, 3.63) is 180 Å². The number of alkyl halides is 2. The molecule has 0 aromatic heterocycles. The summed E-state index contributed by atoms with van der Waals surface area (Å²) in [7, 11) is 0. The second kappa shape index (κ2) is 20.1. The highest BCUT2D eigenvalue weighted by Crippen LogP contribution is 2.56. The molecule has 0 bridgehead atoms. The van der Waals surface area contributed by atoms with Crippen molar-refractivity contribution in [3.63, 3.8) is 0 Å². The van der Waals surface area contributed by atoms with Gasteiger partial charge < -0.3 is 28.4 Å². The molecule has 0 spiro atoms. The van der Waals surface area contributed by atoms with Gasteiger partial charge in [-0.2, -0.15) is 0 Å². The van der Waals surface area contributed by atoms with Crippen LogP contribution in [0.3, 0.4) is 0 Å². The van der Waals surface area contributed by atoms with Gasteiger partial charge in [0, 0.05) is 11.8 Å². The average molecular weight is 832 g/mol. The van der Waals surface area contributed by atoms with E-state index in [4.69, 9.17) is 51.6 Å². The predicted molar refractivity (Wildman–Crippen MR) is 229 cm³/mol. The van der Waals surface area contributed by atoms with Crippen LogP contribution in [-0.2, 0) is 24.5 Å². The zero-order valence-electron chi connectivity index (χ0n) is 32.3. The Morgan fingerprint density at radius 3 is 1.10 bits per heavy atom. The molecule has 0 aliphatic heterocycles. The molecule has 0 heterocycles. The molecule has 6 aromatic rings. The van der Waals surface area contributed by atoms with Gasteiger partial charge in [0.05, 0.1) is 18.3 Å². The van der Waals surface area contributed by atoms with Crippen LogP contribution in [0.5, 0.6) is 23.0 Å². The van der Waals surface area contributed by atoms with Crippen molar-refractivity contribution in [1.29, 1.82) is 0 Å². The highest BCUT2D eigenvalue weighted by molar-refractivity contribution is 6.19. The number of carbonyl (C=O) groups excluding carboxylic acids is 2. The SMILES string of the molecule is O=C(CCCl)OC(COc1ccccc1)COc1ccc(C2(c3ccc(OCC(COc4ccccc4)OC(=O)CCCl)cc3)c3ccccc3-c3ccccc32)cc1. The fraction of sp³-hybridized carbons (Fsp3) is 0.224. The van der Waals surface area contributed by atoms with Gasteiger partial charge in [-0.05, 0) is 81.9 Å². The molecule has 0 fully saturated rings. The van der Waals surface area contributed by atoms with E-state index in [0.29, 0.717) is 23.0 Å². The average Bonchev–Trinajstić information content (AvgIpc) is 3.58. The summed E-state index contributed by atoms with van der Waals surface area (Å²) in [6, 6.07) is 51.8. The van der Waals surface area contributed by atoms with E-state index >= 15 is 0 Å². The van der Waals surface area contributed by atoms with E-state index in [9.17, 15) is 9.59 Å². The van der Waals surface area contributed by atoms with E-state index < -0.39 is 29.6 Å². The first-order valence-corrected chi connectivity index (χ1v) is 20.6. The molecule has 6 aromatic carbocycles. The lowest BCUT2D eigenvalue weighted by Crippen LogP contribution is -2.31. The van der Waals surface area contributed by atoms with Gasteiger partial charge in [0.15, 0.2) is 12.2 Å². The third-order valence-corrected chi connectivity index (χ3v) is 10.3. The lowest BCUT2D eigenvalue weighted by molar-refractivity contribution is -0.152. The first-order chi connectivity index (χ1) is 29.0. The summed E-state index contributed by atoms with van der Waals surface area (Å²) in [5.74, 6) is 2.05. The minimum absolute atomic E-state index is 0.0869. The second-order valence-electron chi connectivity index (χ2n) is 13.9. The van der Waals surface area contributed by atoms with Crippen LogP contribution in [0.4, 0.5) is 0 Å². The molecule has 0 saturated heterocycles. The highest BCUT2D eigenvalue weighted by Gasteiger charge is 2.45. The van der Waals surface area contributed by atoms with Gasteiger partial charge in [0.2, 0.25) is 0 Å². The Labute approximate surface area is 354 Å². The summed E-state index contributed by atoms with van der Waals surface area (Å²) in [6.45, 7) is 0.412. The Morgan fingerprint density at radius 1 is 0.424 bits per heavy atom. The van der Waals surface area contributed by atoms with Gasteiger partial charge in [-0.3, -0.25) is 9.59 Å². The first-order valence-electron chi connectivity index (χ1n) is 19.5. The molecule has 8 nitrogen and oxygen atoms in total. The summed E-state index contributed by atoms with van der Waals surface area (Å²) in [4.78, 5) is 24.8. The quantitative estimate of drug-likeness (QED) is 0.0554. The molecule has 0 amide bonds. The molecule has 2 unspecified atom stereocenters. The summed E-state index contributed by atoms with van der Waals surface area (Å²) >= 11 is 11.6. The fourth-order valence-corrected chi connectivity index (χ4v) is 7.60. The lowest BCUT2D eigenvalue weighted by Gasteiger charge is -2.34. The number of rotatable bonds is 20. The van der Waals surface area contributed by atoms with Crippen molar-refractivity contribution >= 4 is 35.1 Å². The number of hydrogen-bond acceptors (Lipinski definition) is 8. The fourth-order valence-electron chi connectivity index (χ4n) is 7.29. The van der Waals surface area contributed by atoms with Crippen molar-refractivity contribution in [3.8, 4) is 34.1 Å². The van der Waals surface area contributed by atoms with Gasteiger partial charge >= 0.3 is 11.9 Å². The Morgan fingerprint density at radius 2 is 0.746 bits per heavy atom. The van der Waals surface area contributed by atoms with Gasteiger partial charge in [-0.25, -0.2) is 0 Å². The van der Waals surface area contributed by atoms with Crippen LogP contribution in [0.2, 0.25) is 0 Å². The Balaban J connectivity index is 1.13. The number of esters is 2. The van der Waals surface area contributed by atoms with Crippen molar-refractivity contribution in [2.24, 2.45) is 0 Å². The zero-order chi connectivity index (χ0) is 40.9. The van der Waals surface area contributed by atoms with Crippen LogP contribution in [-0.4, -0.2) is 62.3 Å². The molecule has 0 saturated carbocycles. The van der Waals surface area contributed by atoms with Crippen molar-refractivity contribution < 1.29 is 38.0 Å². The van der Waals surface area contributed by atoms with E-state index in [2.05, 4.69) is 72.8 Å². The Hall–Kier alpha value is -5.96. The molecule has 7 rings (SSSR count). The molecular weight excluding hydrogens is 787 g/mol. The molecular formula is C49H44Cl2O8. The maximum atomic E-state index is 12.4. The van der Waals surface area contributed by atoms with Crippen LogP contribution >= 0.6 is 23.2 Å². The van der Waals surface area contributed by atoms with Crippen molar-refractivity contribution in [2.45, 2.75) is 30.5 Å². The lowest BCUT2D eigenvalue weighted by atomic mass is 9.68. The van der Waals surface area contributed by atoms with E-state index in [1.54, 1.807) is 0 Å². The maximum absolute atomic E-state index is 12.4. The van der Waals surface area contributed by atoms with Crippen LogP contribution in [0, 0.1) is 0 Å². The number of carbonyl (C=O) groups is 2. The molecule has 2 atom stereocenters. The van der Waals surface area contributed by atoms with E-state index in [0.717, 1.165) is 33.4 Å². The Bertz CT molecular complexity index is 2100. The van der Waals surface area contributed by atoms with Crippen LogP contribution in [0.1, 0.15) is 35.1 Å². The predicted octanol–water partition coefficient (Wildman–Crippen LogP) is 10.0. The number of hydrogen-bond donors (Lipinski definition) is 0. The molecule has 59 heavy (non-hydrogen) atoms. The topological polar surface area (TPSA) is 89.5 Å². The number of ether oxygens (including phenoxy) is 6. The van der Waals surface area contributed by atoms with Gasteiger partial charge in [0.1, 0.15) is 49.4 Å². The first kappa shape index (κ1) is 41.2. The summed E-state index contributed by atoms with van der Waals surface area (Å²) in [5, 5.41) is 0. The summed E-state index contributed by atoms with van der Waals surface area (Å²) < 4.78 is 35.6. The normalized spacial score (nSPS) is 13.3. The van der Waals surface area contributed by atoms with Gasteiger partial charge in [-0.1, -0.05) is 109 Å². The maximum Gasteiger partial charge on any atom is 0.307 e. The molecule has 0 radical (unpaired) electrons. The minimum atomic E-state index is -0.670. The third-order valence-electron chi connectivity index (χ3n) is 9.95. The van der Waals surface area contributed by atoms with Crippen LogP contribution in [0.25, 0.3) is 11.1 Å². The third kappa shape index (κ3) is 10.0. The largest absolute Gasteiger partial charge is 0.490 e. The Kier molecular flexibility index (Phi) is 14.1. The van der Waals surface area contributed by atoms with Gasteiger partial charge in [-0.15, -0.1) is 23.2 Å². The molecule has 10 heteroatoms. The number of para-hydroxylation sites is 2.